The predicted octanol–water partition coefficient (Wildman–Crippen LogP) is 5.78. The van der Waals surface area contributed by atoms with Gasteiger partial charge in [0.1, 0.15) is 5.75 Å². The van der Waals surface area contributed by atoms with Crippen molar-refractivity contribution in [3.8, 4) is 5.75 Å². The molecule has 0 atom stereocenters. The van der Waals surface area contributed by atoms with Crippen LogP contribution in [0.25, 0.3) is 4.85 Å². The Morgan fingerprint density at radius 1 is 1.10 bits per heavy atom. The fourth-order valence-electron chi connectivity index (χ4n) is 3.60. The Morgan fingerprint density at radius 2 is 1.74 bits per heavy atom. The van der Waals surface area contributed by atoms with Crippen LogP contribution < -0.4 is 4.74 Å². The lowest BCUT2D eigenvalue weighted by molar-refractivity contribution is -0.143. The first kappa shape index (κ1) is 24.7. The third-order valence-corrected chi connectivity index (χ3v) is 6.72. The summed E-state index contributed by atoms with van der Waals surface area (Å²) in [5, 5.41) is 0. The maximum atomic E-state index is 12.4. The third-order valence-electron chi connectivity index (χ3n) is 6.72. The van der Waals surface area contributed by atoms with Crippen LogP contribution in [0.1, 0.15) is 85.3 Å². The van der Waals surface area contributed by atoms with Gasteiger partial charge in [0, 0.05) is 18.5 Å². The Morgan fingerprint density at radius 3 is 2.32 bits per heavy atom. The molecule has 2 amide bonds. The second kappa shape index (κ2) is 9.68. The highest BCUT2D eigenvalue weighted by atomic mass is 16.5. The van der Waals surface area contributed by atoms with E-state index < -0.39 is 5.91 Å². The fraction of sp³-hybridized carbons (Fsp3) is 0.577. The van der Waals surface area contributed by atoms with Gasteiger partial charge in [-0.15, -0.1) is 0 Å². The molecule has 5 heteroatoms. The smallest absolute Gasteiger partial charge is 0.259 e. The molecular weight excluding hydrogens is 388 g/mol. The molecule has 1 heterocycles. The molecule has 1 aromatic carbocycles. The van der Waals surface area contributed by atoms with E-state index in [1.165, 1.54) is 16.0 Å². The molecule has 0 radical (unpaired) electrons. The van der Waals surface area contributed by atoms with Gasteiger partial charge in [0.25, 0.3) is 5.91 Å². The quantitative estimate of drug-likeness (QED) is 0.287. The number of hydrogen-bond donors (Lipinski definition) is 0. The molecule has 0 fully saturated rings. The topological polar surface area (TPSA) is 51.0 Å². The predicted molar refractivity (Wildman–Crippen MR) is 124 cm³/mol. The van der Waals surface area contributed by atoms with Gasteiger partial charge in [-0.1, -0.05) is 66.2 Å². The van der Waals surface area contributed by atoms with Crippen LogP contribution in [-0.2, 0) is 20.4 Å². The summed E-state index contributed by atoms with van der Waals surface area (Å²) in [6.07, 6.45) is 2.70. The summed E-state index contributed by atoms with van der Waals surface area (Å²) in [5.41, 5.74) is 3.19. The number of ether oxygens (including phenoxy) is 1. The van der Waals surface area contributed by atoms with Crippen molar-refractivity contribution in [3.05, 3.63) is 52.0 Å². The zero-order valence-corrected chi connectivity index (χ0v) is 20.1. The highest BCUT2D eigenvalue weighted by molar-refractivity contribution is 6.09. The van der Waals surface area contributed by atoms with Crippen molar-refractivity contribution in [2.75, 3.05) is 13.2 Å². The van der Waals surface area contributed by atoms with Crippen molar-refractivity contribution >= 4 is 11.8 Å². The molecule has 5 nitrogen and oxygen atoms in total. The number of amides is 2. The summed E-state index contributed by atoms with van der Waals surface area (Å²) in [4.78, 5) is 29.2. The first-order valence-corrected chi connectivity index (χ1v) is 11.2. The average molecular weight is 425 g/mol. The third kappa shape index (κ3) is 5.36. The largest absolute Gasteiger partial charge is 0.493 e. The number of imide groups is 1. The van der Waals surface area contributed by atoms with E-state index in [1.807, 2.05) is 0 Å². The van der Waals surface area contributed by atoms with Crippen LogP contribution in [0.4, 0.5) is 0 Å². The van der Waals surface area contributed by atoms with E-state index in [2.05, 4.69) is 64.6 Å². The number of benzene rings is 1. The van der Waals surface area contributed by atoms with Gasteiger partial charge < -0.3 is 4.74 Å². The molecule has 0 saturated heterocycles. The minimum atomic E-state index is -0.484. The van der Waals surface area contributed by atoms with E-state index in [0.717, 1.165) is 18.6 Å². The van der Waals surface area contributed by atoms with E-state index in [4.69, 9.17) is 11.3 Å². The van der Waals surface area contributed by atoms with Gasteiger partial charge in [-0.25, -0.2) is 4.85 Å². The summed E-state index contributed by atoms with van der Waals surface area (Å²) >= 11 is 0. The first-order valence-electron chi connectivity index (χ1n) is 11.2. The maximum absolute atomic E-state index is 12.4. The van der Waals surface area contributed by atoms with Crippen molar-refractivity contribution in [2.45, 2.75) is 85.0 Å². The number of carbonyl (C=O) groups excluding carboxylic acids is 2. The van der Waals surface area contributed by atoms with Gasteiger partial charge in [0.05, 0.1) is 13.2 Å². The van der Waals surface area contributed by atoms with E-state index in [9.17, 15) is 9.59 Å². The van der Waals surface area contributed by atoms with Gasteiger partial charge >= 0.3 is 0 Å². The summed E-state index contributed by atoms with van der Waals surface area (Å²) in [6.45, 7) is 22.9. The molecule has 0 spiro atoms. The van der Waals surface area contributed by atoms with Crippen LogP contribution in [0.2, 0.25) is 0 Å². The SMILES string of the molecule is [C-]#[N+]C1=C(C)CC(=O)N(CCCOc2ccc(C(C)(C)CC)cc2C(C)(C)CC)C1=O. The Bertz CT molecular complexity index is 919. The van der Waals surface area contributed by atoms with Crippen LogP contribution in [0, 0.1) is 6.57 Å². The van der Waals surface area contributed by atoms with Crippen LogP contribution in [0.3, 0.4) is 0 Å². The Labute approximate surface area is 187 Å². The highest BCUT2D eigenvalue weighted by Crippen LogP contribution is 2.38. The lowest BCUT2D eigenvalue weighted by Crippen LogP contribution is -2.41. The Hall–Kier alpha value is -2.61. The molecule has 0 bridgehead atoms. The van der Waals surface area contributed by atoms with Crippen molar-refractivity contribution in [3.63, 3.8) is 0 Å². The van der Waals surface area contributed by atoms with Gasteiger partial charge in [-0.05, 0) is 41.7 Å². The van der Waals surface area contributed by atoms with Crippen LogP contribution >= 0.6 is 0 Å². The van der Waals surface area contributed by atoms with E-state index in [-0.39, 0.29) is 35.4 Å². The molecule has 168 valence electrons. The van der Waals surface area contributed by atoms with Gasteiger partial charge in [0.2, 0.25) is 11.6 Å². The second-order valence-corrected chi connectivity index (χ2v) is 9.66. The summed E-state index contributed by atoms with van der Waals surface area (Å²) in [6, 6.07) is 6.47. The van der Waals surface area contributed by atoms with E-state index in [0.29, 0.717) is 18.6 Å². The number of carbonyl (C=O) groups is 2. The summed E-state index contributed by atoms with van der Waals surface area (Å²) in [7, 11) is 0. The molecule has 1 aliphatic heterocycles. The fourth-order valence-corrected chi connectivity index (χ4v) is 3.60. The number of nitrogens with zero attached hydrogens (tertiary/aromatic N) is 2. The van der Waals surface area contributed by atoms with Crippen molar-refractivity contribution in [2.24, 2.45) is 0 Å². The maximum Gasteiger partial charge on any atom is 0.259 e. The number of rotatable bonds is 9. The molecule has 0 saturated carbocycles. The number of hydrogen-bond acceptors (Lipinski definition) is 3. The molecule has 31 heavy (non-hydrogen) atoms. The van der Waals surface area contributed by atoms with Crippen LogP contribution in [0.15, 0.2) is 29.5 Å². The van der Waals surface area contributed by atoms with Gasteiger partial charge in [-0.2, -0.15) is 0 Å². The molecule has 1 aliphatic rings. The van der Waals surface area contributed by atoms with Crippen molar-refractivity contribution in [1.82, 2.24) is 4.90 Å². The summed E-state index contributed by atoms with van der Waals surface area (Å²) in [5.74, 6) is 0.132. The highest BCUT2D eigenvalue weighted by Gasteiger charge is 2.31. The monoisotopic (exact) mass is 424 g/mol. The molecule has 0 unspecified atom stereocenters. The van der Waals surface area contributed by atoms with Crippen LogP contribution in [0.5, 0.6) is 5.75 Å². The van der Waals surface area contributed by atoms with Crippen LogP contribution in [-0.4, -0.2) is 29.9 Å². The molecule has 1 aromatic rings. The second-order valence-electron chi connectivity index (χ2n) is 9.66. The molecule has 0 aromatic heterocycles. The standard InChI is InChI=1S/C26H36N2O3/c1-9-25(4,5)19-12-13-21(20(17-19)26(6,7)10-2)31-15-11-14-28-22(29)16-18(3)23(27-8)24(28)30/h12-13,17H,9-11,14-16H2,1-7H3. The Balaban J connectivity index is 2.13. The van der Waals surface area contributed by atoms with Crippen molar-refractivity contribution < 1.29 is 14.3 Å². The molecule has 2 rings (SSSR count). The zero-order valence-electron chi connectivity index (χ0n) is 20.1. The molecule has 0 N–H and O–H groups in total. The lowest BCUT2D eigenvalue weighted by Gasteiger charge is -2.30. The minimum Gasteiger partial charge on any atom is -0.493 e. The minimum absolute atomic E-state index is 0.0270. The van der Waals surface area contributed by atoms with Gasteiger partial charge in [-0.3, -0.25) is 14.5 Å². The zero-order chi connectivity index (χ0) is 23.4. The normalized spacial score (nSPS) is 15.4. The van der Waals surface area contributed by atoms with E-state index >= 15 is 0 Å². The Kier molecular flexibility index (Phi) is 7.70. The lowest BCUT2D eigenvalue weighted by atomic mass is 9.76. The first-order chi connectivity index (χ1) is 14.5. The molecular formula is C26H36N2O3. The van der Waals surface area contributed by atoms with Gasteiger partial charge in [0.15, 0.2) is 0 Å². The van der Waals surface area contributed by atoms with Crippen molar-refractivity contribution in [1.29, 1.82) is 0 Å². The summed E-state index contributed by atoms with van der Waals surface area (Å²) < 4.78 is 6.14. The average Bonchev–Trinajstić information content (AvgIpc) is 2.73. The molecule has 0 aliphatic carbocycles. The van der Waals surface area contributed by atoms with E-state index in [1.54, 1.807) is 6.92 Å².